The van der Waals surface area contributed by atoms with Crippen LogP contribution in [-0.2, 0) is 17.5 Å². The van der Waals surface area contributed by atoms with E-state index in [9.17, 15) is 18.0 Å². The SMILES string of the molecule is CSCCCC(=O)Nc1cc(CN)cc(C(F)(F)F)c1.Cl. The Bertz CT molecular complexity index is 469. The van der Waals surface area contributed by atoms with Crippen molar-refractivity contribution in [2.75, 3.05) is 17.3 Å². The second kappa shape index (κ2) is 9.17. The standard InChI is InChI=1S/C13H17F3N2OS.ClH/c1-20-4-2-3-12(19)18-11-6-9(8-17)5-10(7-11)13(14,15)16;/h5-7H,2-4,8,17H2,1H3,(H,18,19);1H. The fourth-order valence-electron chi connectivity index (χ4n) is 1.65. The van der Waals surface area contributed by atoms with Crippen molar-refractivity contribution < 1.29 is 18.0 Å². The van der Waals surface area contributed by atoms with E-state index in [1.165, 1.54) is 6.07 Å². The molecule has 0 aliphatic heterocycles. The van der Waals surface area contributed by atoms with Crippen molar-refractivity contribution in [2.45, 2.75) is 25.6 Å². The second-order valence-corrected chi connectivity index (χ2v) is 5.25. The van der Waals surface area contributed by atoms with Crippen molar-refractivity contribution in [3.8, 4) is 0 Å². The highest BCUT2D eigenvalue weighted by molar-refractivity contribution is 7.98. The van der Waals surface area contributed by atoms with Gasteiger partial charge in [0.15, 0.2) is 0 Å². The minimum Gasteiger partial charge on any atom is -0.326 e. The second-order valence-electron chi connectivity index (χ2n) is 4.27. The highest BCUT2D eigenvalue weighted by Gasteiger charge is 2.31. The van der Waals surface area contributed by atoms with Crippen LogP contribution >= 0.6 is 24.2 Å². The van der Waals surface area contributed by atoms with E-state index in [0.717, 1.165) is 17.9 Å². The zero-order valence-electron chi connectivity index (χ0n) is 11.5. The number of benzene rings is 1. The molecule has 21 heavy (non-hydrogen) atoms. The molecule has 120 valence electrons. The molecule has 0 radical (unpaired) electrons. The minimum atomic E-state index is -4.45. The number of carbonyl (C=O) groups is 1. The Morgan fingerprint density at radius 2 is 2.00 bits per heavy atom. The van der Waals surface area contributed by atoms with Crippen molar-refractivity contribution >= 4 is 35.8 Å². The zero-order valence-corrected chi connectivity index (χ0v) is 13.1. The first-order chi connectivity index (χ1) is 9.36. The van der Waals surface area contributed by atoms with Gasteiger partial charge in [0.1, 0.15) is 0 Å². The van der Waals surface area contributed by atoms with Gasteiger partial charge in [0.2, 0.25) is 5.91 Å². The molecule has 0 aromatic heterocycles. The van der Waals surface area contributed by atoms with E-state index >= 15 is 0 Å². The summed E-state index contributed by atoms with van der Waals surface area (Å²) >= 11 is 1.62. The van der Waals surface area contributed by atoms with Crippen molar-refractivity contribution in [2.24, 2.45) is 5.73 Å². The Kier molecular flexibility index (Phi) is 8.77. The Labute approximate surface area is 132 Å². The first-order valence-corrected chi connectivity index (χ1v) is 7.46. The molecule has 0 bridgehead atoms. The maximum atomic E-state index is 12.7. The maximum Gasteiger partial charge on any atom is 0.416 e. The summed E-state index contributed by atoms with van der Waals surface area (Å²) in [6.07, 6.45) is -1.55. The first-order valence-electron chi connectivity index (χ1n) is 6.07. The number of carbonyl (C=O) groups excluding carboxylic acids is 1. The van der Waals surface area contributed by atoms with Crippen molar-refractivity contribution in [1.82, 2.24) is 0 Å². The van der Waals surface area contributed by atoms with Gasteiger partial charge < -0.3 is 11.1 Å². The van der Waals surface area contributed by atoms with Gasteiger partial charge in [-0.15, -0.1) is 12.4 Å². The molecule has 1 amide bonds. The van der Waals surface area contributed by atoms with E-state index in [2.05, 4.69) is 5.32 Å². The van der Waals surface area contributed by atoms with Crippen LogP contribution in [0.4, 0.5) is 18.9 Å². The van der Waals surface area contributed by atoms with E-state index in [1.54, 1.807) is 11.8 Å². The lowest BCUT2D eigenvalue weighted by Crippen LogP contribution is -2.14. The largest absolute Gasteiger partial charge is 0.416 e. The van der Waals surface area contributed by atoms with Crippen LogP contribution in [0.1, 0.15) is 24.0 Å². The summed E-state index contributed by atoms with van der Waals surface area (Å²) < 4.78 is 38.1. The number of anilines is 1. The van der Waals surface area contributed by atoms with Gasteiger partial charge in [0.25, 0.3) is 0 Å². The fraction of sp³-hybridized carbons (Fsp3) is 0.462. The van der Waals surface area contributed by atoms with E-state index < -0.39 is 11.7 Å². The average molecular weight is 343 g/mol. The van der Waals surface area contributed by atoms with Gasteiger partial charge in [0.05, 0.1) is 5.56 Å². The van der Waals surface area contributed by atoms with Crippen LogP contribution in [-0.4, -0.2) is 17.9 Å². The molecule has 1 rings (SSSR count). The van der Waals surface area contributed by atoms with E-state index in [0.29, 0.717) is 12.0 Å². The van der Waals surface area contributed by atoms with Gasteiger partial charge in [0, 0.05) is 18.7 Å². The molecule has 0 unspecified atom stereocenters. The summed E-state index contributed by atoms with van der Waals surface area (Å²) in [5.74, 6) is 0.547. The number of alkyl halides is 3. The molecule has 0 saturated carbocycles. The van der Waals surface area contributed by atoms with Gasteiger partial charge in [-0.1, -0.05) is 0 Å². The van der Waals surface area contributed by atoms with E-state index in [4.69, 9.17) is 5.73 Å². The van der Waals surface area contributed by atoms with Gasteiger partial charge >= 0.3 is 6.18 Å². The molecule has 0 spiro atoms. The molecule has 0 heterocycles. The number of thioether (sulfide) groups is 1. The molecule has 8 heteroatoms. The molecular formula is C13H18ClF3N2OS. The molecule has 3 N–H and O–H groups in total. The Morgan fingerprint density at radius 1 is 1.33 bits per heavy atom. The smallest absolute Gasteiger partial charge is 0.326 e. The summed E-state index contributed by atoms with van der Waals surface area (Å²) in [6, 6.07) is 3.37. The number of hydrogen-bond donors (Lipinski definition) is 2. The van der Waals surface area contributed by atoms with Crippen LogP contribution in [0.25, 0.3) is 0 Å². The number of nitrogens with one attached hydrogen (secondary N) is 1. The molecule has 1 aromatic carbocycles. The monoisotopic (exact) mass is 342 g/mol. The maximum absolute atomic E-state index is 12.7. The Balaban J connectivity index is 0.00000400. The highest BCUT2D eigenvalue weighted by atomic mass is 35.5. The predicted molar refractivity (Wildman–Crippen MR) is 82.8 cm³/mol. The van der Waals surface area contributed by atoms with Crippen molar-refractivity contribution in [1.29, 1.82) is 0 Å². The van der Waals surface area contributed by atoms with E-state index in [-0.39, 0.29) is 37.0 Å². The fourth-order valence-corrected chi connectivity index (χ4v) is 2.08. The van der Waals surface area contributed by atoms with Crippen LogP contribution in [0.3, 0.4) is 0 Å². The highest BCUT2D eigenvalue weighted by Crippen LogP contribution is 2.32. The number of hydrogen-bond acceptors (Lipinski definition) is 3. The van der Waals surface area contributed by atoms with Gasteiger partial charge in [-0.25, -0.2) is 0 Å². The Hall–Kier alpha value is -0.920. The lowest BCUT2D eigenvalue weighted by atomic mass is 10.1. The van der Waals surface area contributed by atoms with Crippen LogP contribution < -0.4 is 11.1 Å². The van der Waals surface area contributed by atoms with Crippen LogP contribution in [0.15, 0.2) is 18.2 Å². The molecule has 3 nitrogen and oxygen atoms in total. The summed E-state index contributed by atoms with van der Waals surface area (Å²) in [7, 11) is 0. The third-order valence-electron chi connectivity index (χ3n) is 2.59. The summed E-state index contributed by atoms with van der Waals surface area (Å²) in [5, 5.41) is 2.48. The molecule has 0 saturated heterocycles. The number of amides is 1. The molecule has 0 aliphatic rings. The van der Waals surface area contributed by atoms with Gasteiger partial charge in [-0.05, 0) is 42.2 Å². The molecule has 1 aromatic rings. The normalized spacial score (nSPS) is 10.9. The van der Waals surface area contributed by atoms with Crippen molar-refractivity contribution in [3.05, 3.63) is 29.3 Å². The average Bonchev–Trinajstić information content (AvgIpc) is 2.37. The topological polar surface area (TPSA) is 55.1 Å². The molecular weight excluding hydrogens is 325 g/mol. The third kappa shape index (κ3) is 7.06. The van der Waals surface area contributed by atoms with Gasteiger partial charge in [-0.2, -0.15) is 24.9 Å². The Morgan fingerprint density at radius 3 is 2.52 bits per heavy atom. The molecule has 0 fully saturated rings. The number of rotatable bonds is 6. The van der Waals surface area contributed by atoms with Gasteiger partial charge in [-0.3, -0.25) is 4.79 Å². The van der Waals surface area contributed by atoms with Crippen LogP contribution in [0.2, 0.25) is 0 Å². The molecule has 0 aliphatic carbocycles. The summed E-state index contributed by atoms with van der Waals surface area (Å²) in [5.41, 5.74) is 5.04. The van der Waals surface area contributed by atoms with Crippen LogP contribution in [0, 0.1) is 0 Å². The minimum absolute atomic E-state index is 0. The number of halogens is 4. The lowest BCUT2D eigenvalue weighted by Gasteiger charge is -2.12. The summed E-state index contributed by atoms with van der Waals surface area (Å²) in [4.78, 5) is 11.6. The lowest BCUT2D eigenvalue weighted by molar-refractivity contribution is -0.137. The third-order valence-corrected chi connectivity index (χ3v) is 3.29. The summed E-state index contributed by atoms with van der Waals surface area (Å²) in [6.45, 7) is -0.0146. The van der Waals surface area contributed by atoms with Crippen LogP contribution in [0.5, 0.6) is 0 Å². The predicted octanol–water partition coefficient (Wildman–Crippen LogP) is 3.67. The van der Waals surface area contributed by atoms with Crippen molar-refractivity contribution in [3.63, 3.8) is 0 Å². The zero-order chi connectivity index (χ0) is 15.2. The molecule has 0 atom stereocenters. The quantitative estimate of drug-likeness (QED) is 0.776. The first kappa shape index (κ1) is 20.1. The number of nitrogens with two attached hydrogens (primary N) is 1. The van der Waals surface area contributed by atoms with E-state index in [1.807, 2.05) is 6.26 Å².